The van der Waals surface area contributed by atoms with E-state index in [1.54, 1.807) is 6.33 Å². The molecule has 0 saturated heterocycles. The fourth-order valence-corrected chi connectivity index (χ4v) is 1.38. The van der Waals surface area contributed by atoms with Gasteiger partial charge in [-0.05, 0) is 19.4 Å². The Balaban J connectivity index is 2.16. The SMILES string of the molecule is NCCc1[nH]cnc1C1CC1. The minimum absolute atomic E-state index is 0.710. The van der Waals surface area contributed by atoms with Crippen molar-refractivity contribution in [1.29, 1.82) is 0 Å². The lowest BCUT2D eigenvalue weighted by Gasteiger charge is -1.96. The second-order valence-corrected chi connectivity index (χ2v) is 3.08. The van der Waals surface area contributed by atoms with Gasteiger partial charge >= 0.3 is 0 Å². The summed E-state index contributed by atoms with van der Waals surface area (Å²) in [6, 6.07) is 0. The van der Waals surface area contributed by atoms with Crippen molar-refractivity contribution in [1.82, 2.24) is 9.97 Å². The zero-order valence-electron chi connectivity index (χ0n) is 6.51. The van der Waals surface area contributed by atoms with Gasteiger partial charge in [-0.3, -0.25) is 0 Å². The molecule has 1 fully saturated rings. The van der Waals surface area contributed by atoms with Crippen LogP contribution in [0.5, 0.6) is 0 Å². The predicted octanol–water partition coefficient (Wildman–Crippen LogP) is 0.788. The fourth-order valence-electron chi connectivity index (χ4n) is 1.38. The van der Waals surface area contributed by atoms with Crippen LogP contribution in [0.15, 0.2) is 6.33 Å². The lowest BCUT2D eigenvalue weighted by Crippen LogP contribution is -2.04. The molecule has 0 unspecified atom stereocenters. The molecular formula is C8H13N3. The quantitative estimate of drug-likeness (QED) is 0.671. The molecule has 1 saturated carbocycles. The summed E-state index contributed by atoms with van der Waals surface area (Å²) in [5, 5.41) is 0. The molecule has 1 aliphatic carbocycles. The second-order valence-electron chi connectivity index (χ2n) is 3.08. The van der Waals surface area contributed by atoms with E-state index in [9.17, 15) is 0 Å². The summed E-state index contributed by atoms with van der Waals surface area (Å²) in [5.74, 6) is 0.739. The first-order valence-corrected chi connectivity index (χ1v) is 4.14. The van der Waals surface area contributed by atoms with Gasteiger partial charge in [-0.1, -0.05) is 0 Å². The van der Waals surface area contributed by atoms with Crippen LogP contribution in [0, 0.1) is 0 Å². The number of aromatic nitrogens is 2. The average molecular weight is 151 g/mol. The van der Waals surface area contributed by atoms with Gasteiger partial charge < -0.3 is 10.7 Å². The summed E-state index contributed by atoms with van der Waals surface area (Å²) in [4.78, 5) is 7.42. The topological polar surface area (TPSA) is 54.7 Å². The van der Waals surface area contributed by atoms with Gasteiger partial charge in [-0.25, -0.2) is 4.98 Å². The second kappa shape index (κ2) is 2.66. The summed E-state index contributed by atoms with van der Waals surface area (Å²) in [6.07, 6.45) is 5.33. The molecule has 1 heterocycles. The molecule has 1 aliphatic rings. The maximum Gasteiger partial charge on any atom is 0.0925 e. The Morgan fingerprint density at radius 3 is 3.09 bits per heavy atom. The van der Waals surface area contributed by atoms with E-state index in [-0.39, 0.29) is 0 Å². The van der Waals surface area contributed by atoms with Crippen LogP contribution < -0.4 is 5.73 Å². The number of H-pyrrole nitrogens is 1. The largest absolute Gasteiger partial charge is 0.348 e. The summed E-state index contributed by atoms with van der Waals surface area (Å²) in [5.41, 5.74) is 7.97. The maximum absolute atomic E-state index is 5.46. The highest BCUT2D eigenvalue weighted by Crippen LogP contribution is 2.40. The molecule has 3 heteroatoms. The van der Waals surface area contributed by atoms with Crippen LogP contribution in [0.4, 0.5) is 0 Å². The van der Waals surface area contributed by atoms with E-state index in [4.69, 9.17) is 5.73 Å². The Bertz CT molecular complexity index is 237. The van der Waals surface area contributed by atoms with Crippen LogP contribution >= 0.6 is 0 Å². The summed E-state index contributed by atoms with van der Waals surface area (Å²) in [7, 11) is 0. The fraction of sp³-hybridized carbons (Fsp3) is 0.625. The van der Waals surface area contributed by atoms with E-state index in [1.165, 1.54) is 24.2 Å². The third-order valence-corrected chi connectivity index (χ3v) is 2.11. The van der Waals surface area contributed by atoms with Crippen molar-refractivity contribution in [2.75, 3.05) is 6.54 Å². The lowest BCUT2D eigenvalue weighted by molar-refractivity contribution is 0.899. The zero-order chi connectivity index (χ0) is 7.68. The number of nitrogens with two attached hydrogens (primary N) is 1. The normalized spacial score (nSPS) is 17.2. The molecule has 0 bridgehead atoms. The molecule has 60 valence electrons. The first-order chi connectivity index (χ1) is 5.42. The molecule has 0 aromatic carbocycles. The van der Waals surface area contributed by atoms with Crippen LogP contribution in [0.3, 0.4) is 0 Å². The van der Waals surface area contributed by atoms with Crippen molar-refractivity contribution in [3.8, 4) is 0 Å². The smallest absolute Gasteiger partial charge is 0.0925 e. The molecule has 0 amide bonds. The average Bonchev–Trinajstić information content (AvgIpc) is 2.75. The highest BCUT2D eigenvalue weighted by atomic mass is 14.9. The van der Waals surface area contributed by atoms with E-state index >= 15 is 0 Å². The van der Waals surface area contributed by atoms with Crippen molar-refractivity contribution in [3.63, 3.8) is 0 Å². The first-order valence-electron chi connectivity index (χ1n) is 4.14. The van der Waals surface area contributed by atoms with Gasteiger partial charge in [0.1, 0.15) is 0 Å². The Hall–Kier alpha value is -0.830. The third kappa shape index (κ3) is 1.28. The van der Waals surface area contributed by atoms with Gasteiger partial charge in [0.05, 0.1) is 12.0 Å². The number of imidazole rings is 1. The molecule has 0 spiro atoms. The Morgan fingerprint density at radius 2 is 2.45 bits per heavy atom. The Morgan fingerprint density at radius 1 is 1.64 bits per heavy atom. The predicted molar refractivity (Wildman–Crippen MR) is 43.3 cm³/mol. The molecule has 0 radical (unpaired) electrons. The highest BCUT2D eigenvalue weighted by Gasteiger charge is 2.27. The maximum atomic E-state index is 5.46. The number of rotatable bonds is 3. The molecule has 0 atom stereocenters. The van der Waals surface area contributed by atoms with Gasteiger partial charge in [0.2, 0.25) is 0 Å². The summed E-state index contributed by atoms with van der Waals surface area (Å²) < 4.78 is 0. The van der Waals surface area contributed by atoms with Crippen LogP contribution in [0.25, 0.3) is 0 Å². The van der Waals surface area contributed by atoms with Gasteiger partial charge in [-0.15, -0.1) is 0 Å². The molecule has 3 N–H and O–H groups in total. The van der Waals surface area contributed by atoms with Gasteiger partial charge in [0.25, 0.3) is 0 Å². The number of hydrogen-bond acceptors (Lipinski definition) is 2. The van der Waals surface area contributed by atoms with Crippen LogP contribution in [0.1, 0.15) is 30.1 Å². The molecule has 2 rings (SSSR count). The minimum Gasteiger partial charge on any atom is -0.348 e. The molecule has 11 heavy (non-hydrogen) atoms. The Labute approximate surface area is 66.0 Å². The monoisotopic (exact) mass is 151 g/mol. The standard InChI is InChI=1S/C8H13N3/c9-4-3-7-8(6-1-2-6)11-5-10-7/h5-6H,1-4,9H2,(H,10,11). The van der Waals surface area contributed by atoms with E-state index in [1.807, 2.05) is 0 Å². The highest BCUT2D eigenvalue weighted by molar-refractivity contribution is 5.20. The van der Waals surface area contributed by atoms with E-state index < -0.39 is 0 Å². The zero-order valence-corrected chi connectivity index (χ0v) is 6.51. The van der Waals surface area contributed by atoms with Crippen LogP contribution in [-0.4, -0.2) is 16.5 Å². The van der Waals surface area contributed by atoms with E-state index in [2.05, 4.69) is 9.97 Å². The first kappa shape index (κ1) is 6.85. The van der Waals surface area contributed by atoms with Crippen molar-refractivity contribution >= 4 is 0 Å². The van der Waals surface area contributed by atoms with Crippen molar-refractivity contribution in [3.05, 3.63) is 17.7 Å². The molecule has 1 aromatic heterocycles. The van der Waals surface area contributed by atoms with Crippen LogP contribution in [-0.2, 0) is 6.42 Å². The van der Waals surface area contributed by atoms with Crippen LogP contribution in [0.2, 0.25) is 0 Å². The molecule has 3 nitrogen and oxygen atoms in total. The van der Waals surface area contributed by atoms with Crippen molar-refractivity contribution in [2.24, 2.45) is 5.73 Å². The summed E-state index contributed by atoms with van der Waals surface area (Å²) in [6.45, 7) is 0.710. The van der Waals surface area contributed by atoms with Gasteiger partial charge in [0, 0.05) is 18.0 Å². The minimum atomic E-state index is 0.710. The Kier molecular flexibility index (Phi) is 1.66. The van der Waals surface area contributed by atoms with Gasteiger partial charge in [0.15, 0.2) is 0 Å². The number of aromatic amines is 1. The van der Waals surface area contributed by atoms with Crippen molar-refractivity contribution < 1.29 is 0 Å². The van der Waals surface area contributed by atoms with Crippen molar-refractivity contribution in [2.45, 2.75) is 25.2 Å². The third-order valence-electron chi connectivity index (χ3n) is 2.11. The molecule has 0 aliphatic heterocycles. The van der Waals surface area contributed by atoms with E-state index in [0.717, 1.165) is 12.3 Å². The lowest BCUT2D eigenvalue weighted by atomic mass is 10.2. The molecular weight excluding hydrogens is 138 g/mol. The number of nitrogens with zero attached hydrogens (tertiary/aromatic N) is 1. The number of hydrogen-bond donors (Lipinski definition) is 2. The van der Waals surface area contributed by atoms with E-state index in [0.29, 0.717) is 6.54 Å². The number of nitrogens with one attached hydrogen (secondary N) is 1. The summed E-state index contributed by atoms with van der Waals surface area (Å²) >= 11 is 0. The molecule has 1 aromatic rings. The van der Waals surface area contributed by atoms with Gasteiger partial charge in [-0.2, -0.15) is 0 Å².